The van der Waals surface area contributed by atoms with Crippen molar-refractivity contribution in [2.75, 3.05) is 0 Å². The van der Waals surface area contributed by atoms with Crippen molar-refractivity contribution in [3.8, 4) is 0 Å². The molecule has 3 nitrogen and oxygen atoms in total. The van der Waals surface area contributed by atoms with Crippen LogP contribution in [0.15, 0.2) is 36.4 Å². The molecular formula is C22H26O3. The Kier molecular flexibility index (Phi) is 3.25. The Labute approximate surface area is 149 Å². The van der Waals surface area contributed by atoms with Crippen LogP contribution in [0.3, 0.4) is 0 Å². The first kappa shape index (κ1) is 15.6. The molecule has 3 aliphatic carbocycles. The van der Waals surface area contributed by atoms with Gasteiger partial charge in [0.1, 0.15) is 11.7 Å². The van der Waals surface area contributed by atoms with E-state index in [1.807, 2.05) is 36.4 Å². The maximum Gasteiger partial charge on any atom is 0.331 e. The minimum atomic E-state index is -0.224. The summed E-state index contributed by atoms with van der Waals surface area (Å²) < 4.78 is 12.3. The summed E-state index contributed by atoms with van der Waals surface area (Å²) in [5.41, 5.74) is 1.10. The van der Waals surface area contributed by atoms with E-state index < -0.39 is 0 Å². The van der Waals surface area contributed by atoms with E-state index in [-0.39, 0.29) is 23.1 Å². The van der Waals surface area contributed by atoms with Crippen LogP contribution in [0.25, 0.3) is 6.08 Å². The zero-order valence-corrected chi connectivity index (χ0v) is 15.0. The SMILES string of the molecule is CC1(C)CC2CC3CCC4OC34C2C1OC(=O)/C=C/c1ccccc1. The molecule has 4 fully saturated rings. The van der Waals surface area contributed by atoms with Crippen LogP contribution in [-0.2, 0) is 14.3 Å². The van der Waals surface area contributed by atoms with Crippen molar-refractivity contribution in [2.24, 2.45) is 23.2 Å². The number of ether oxygens (including phenoxy) is 2. The highest BCUT2D eigenvalue weighted by molar-refractivity contribution is 5.87. The monoisotopic (exact) mass is 338 g/mol. The van der Waals surface area contributed by atoms with Gasteiger partial charge in [-0.05, 0) is 49.2 Å². The van der Waals surface area contributed by atoms with Crippen molar-refractivity contribution in [3.05, 3.63) is 42.0 Å². The van der Waals surface area contributed by atoms with Gasteiger partial charge in [0.15, 0.2) is 0 Å². The van der Waals surface area contributed by atoms with Crippen molar-refractivity contribution in [2.45, 2.75) is 57.3 Å². The molecule has 0 amide bonds. The number of carbonyl (C=O) groups excluding carboxylic acids is 1. The summed E-state index contributed by atoms with van der Waals surface area (Å²) in [5, 5.41) is 0. The van der Waals surface area contributed by atoms with E-state index in [9.17, 15) is 4.79 Å². The van der Waals surface area contributed by atoms with Crippen LogP contribution in [0.4, 0.5) is 0 Å². The second-order valence-electron chi connectivity index (χ2n) is 9.05. The molecule has 25 heavy (non-hydrogen) atoms. The highest BCUT2D eigenvalue weighted by atomic mass is 16.6. The zero-order valence-electron chi connectivity index (χ0n) is 15.0. The molecule has 1 aromatic carbocycles. The van der Waals surface area contributed by atoms with Crippen LogP contribution >= 0.6 is 0 Å². The molecule has 0 radical (unpaired) electrons. The van der Waals surface area contributed by atoms with E-state index in [4.69, 9.17) is 9.47 Å². The molecule has 6 atom stereocenters. The van der Waals surface area contributed by atoms with Gasteiger partial charge in [0.05, 0.1) is 6.10 Å². The third kappa shape index (κ3) is 2.25. The lowest BCUT2D eigenvalue weighted by Gasteiger charge is -2.32. The summed E-state index contributed by atoms with van der Waals surface area (Å²) in [6.07, 6.45) is 8.72. The third-order valence-electron chi connectivity index (χ3n) is 7.16. The van der Waals surface area contributed by atoms with Crippen LogP contribution in [-0.4, -0.2) is 23.8 Å². The molecule has 1 saturated heterocycles. The van der Waals surface area contributed by atoms with Crippen LogP contribution in [0.5, 0.6) is 0 Å². The molecule has 132 valence electrons. The Morgan fingerprint density at radius 2 is 2.04 bits per heavy atom. The Hall–Kier alpha value is -1.61. The van der Waals surface area contributed by atoms with Crippen molar-refractivity contribution in [3.63, 3.8) is 0 Å². The van der Waals surface area contributed by atoms with Gasteiger partial charge in [0.2, 0.25) is 0 Å². The van der Waals surface area contributed by atoms with Gasteiger partial charge in [-0.3, -0.25) is 0 Å². The Morgan fingerprint density at radius 3 is 2.80 bits per heavy atom. The van der Waals surface area contributed by atoms with E-state index in [1.165, 1.54) is 19.3 Å². The molecule has 6 unspecified atom stereocenters. The average Bonchev–Trinajstić information content (AvgIpc) is 2.97. The van der Waals surface area contributed by atoms with E-state index in [1.54, 1.807) is 6.08 Å². The fourth-order valence-corrected chi connectivity index (χ4v) is 6.28. The third-order valence-corrected chi connectivity index (χ3v) is 7.16. The molecule has 4 aliphatic rings. The van der Waals surface area contributed by atoms with Gasteiger partial charge in [0.25, 0.3) is 0 Å². The predicted molar refractivity (Wildman–Crippen MR) is 95.7 cm³/mol. The van der Waals surface area contributed by atoms with Gasteiger partial charge in [0, 0.05) is 17.4 Å². The van der Waals surface area contributed by atoms with Gasteiger partial charge in [-0.1, -0.05) is 44.2 Å². The first-order valence-electron chi connectivity index (χ1n) is 9.62. The van der Waals surface area contributed by atoms with E-state index in [2.05, 4.69) is 13.8 Å². The van der Waals surface area contributed by atoms with Gasteiger partial charge >= 0.3 is 5.97 Å². The first-order valence-corrected chi connectivity index (χ1v) is 9.62. The normalized spacial score (nSPS) is 42.9. The number of hydrogen-bond donors (Lipinski definition) is 0. The Bertz CT molecular complexity index is 722. The molecule has 1 aliphatic heterocycles. The van der Waals surface area contributed by atoms with Crippen LogP contribution in [0.2, 0.25) is 0 Å². The van der Waals surface area contributed by atoms with E-state index >= 15 is 0 Å². The van der Waals surface area contributed by atoms with Crippen molar-refractivity contribution in [1.82, 2.24) is 0 Å². The van der Waals surface area contributed by atoms with Crippen LogP contribution in [0, 0.1) is 23.2 Å². The average molecular weight is 338 g/mol. The van der Waals surface area contributed by atoms with Crippen molar-refractivity contribution in [1.29, 1.82) is 0 Å². The Morgan fingerprint density at radius 1 is 1.24 bits per heavy atom. The summed E-state index contributed by atoms with van der Waals surface area (Å²) in [6, 6.07) is 9.89. The maximum absolute atomic E-state index is 12.5. The summed E-state index contributed by atoms with van der Waals surface area (Å²) in [7, 11) is 0. The summed E-state index contributed by atoms with van der Waals surface area (Å²) in [5.74, 6) is 1.53. The van der Waals surface area contributed by atoms with Gasteiger partial charge in [-0.2, -0.15) is 0 Å². The van der Waals surface area contributed by atoms with Gasteiger partial charge in [-0.25, -0.2) is 4.79 Å². The summed E-state index contributed by atoms with van der Waals surface area (Å²) >= 11 is 0. The zero-order chi connectivity index (χ0) is 17.2. The minimum absolute atomic E-state index is 0.0291. The summed E-state index contributed by atoms with van der Waals surface area (Å²) in [4.78, 5) is 12.5. The highest BCUT2D eigenvalue weighted by Crippen LogP contribution is 2.72. The molecule has 3 heteroatoms. The number of epoxide rings is 1. The summed E-state index contributed by atoms with van der Waals surface area (Å²) in [6.45, 7) is 4.50. The second kappa shape index (κ2) is 5.20. The fourth-order valence-electron chi connectivity index (χ4n) is 6.28. The molecule has 1 spiro atoms. The second-order valence-corrected chi connectivity index (χ2v) is 9.05. The number of hydrogen-bond acceptors (Lipinski definition) is 3. The van der Waals surface area contributed by atoms with Crippen molar-refractivity contribution >= 4 is 12.0 Å². The minimum Gasteiger partial charge on any atom is -0.458 e. The number of benzene rings is 1. The number of fused-ring (bicyclic) bond motifs is 1. The quantitative estimate of drug-likeness (QED) is 0.470. The maximum atomic E-state index is 12.5. The largest absolute Gasteiger partial charge is 0.458 e. The molecule has 5 rings (SSSR count). The van der Waals surface area contributed by atoms with E-state index in [0.717, 1.165) is 12.0 Å². The topological polar surface area (TPSA) is 38.8 Å². The molecule has 0 N–H and O–H groups in total. The van der Waals surface area contributed by atoms with Gasteiger partial charge in [-0.15, -0.1) is 0 Å². The van der Waals surface area contributed by atoms with Crippen molar-refractivity contribution < 1.29 is 14.3 Å². The lowest BCUT2D eigenvalue weighted by Crippen LogP contribution is -2.41. The first-order chi connectivity index (χ1) is 12.0. The molecule has 0 aromatic heterocycles. The molecule has 1 heterocycles. The lowest BCUT2D eigenvalue weighted by atomic mass is 9.80. The fraction of sp³-hybridized carbons (Fsp3) is 0.591. The lowest BCUT2D eigenvalue weighted by molar-refractivity contribution is -0.151. The number of rotatable bonds is 3. The number of carbonyl (C=O) groups is 1. The van der Waals surface area contributed by atoms with E-state index in [0.29, 0.717) is 23.9 Å². The van der Waals surface area contributed by atoms with Crippen LogP contribution < -0.4 is 0 Å². The molecule has 0 bridgehead atoms. The van der Waals surface area contributed by atoms with Gasteiger partial charge < -0.3 is 9.47 Å². The smallest absolute Gasteiger partial charge is 0.331 e. The molecular weight excluding hydrogens is 312 g/mol. The predicted octanol–water partition coefficient (Wildman–Crippen LogP) is 4.23. The van der Waals surface area contributed by atoms with Crippen LogP contribution in [0.1, 0.15) is 45.1 Å². The molecule has 3 saturated carbocycles. The highest BCUT2D eigenvalue weighted by Gasteiger charge is 2.78. The molecule has 1 aromatic rings. The standard InChI is InChI=1S/C22H26O3/c1-21(2)13-15-12-16-9-10-17-22(16,25-17)19(15)20(21)24-18(23)11-8-14-6-4-3-5-7-14/h3-8,11,15-17,19-20H,9-10,12-13H2,1-2H3/b11-8+. The Balaban J connectivity index is 1.35. The number of esters is 1.